The number of carbonyl (C=O) groups is 2. The molecular weight excluding hydrogens is 468 g/mol. The van der Waals surface area contributed by atoms with Crippen LogP contribution in [0.4, 0.5) is 0 Å². The molecule has 9 nitrogen and oxygen atoms in total. The first-order valence-corrected chi connectivity index (χ1v) is 9.03. The van der Waals surface area contributed by atoms with E-state index in [4.69, 9.17) is 4.74 Å². The number of aliphatic hydroxyl groups excluding tert-OH is 1. The average molecular weight is 484 g/mol. The van der Waals surface area contributed by atoms with E-state index in [0.29, 0.717) is 0 Å². The van der Waals surface area contributed by atoms with E-state index >= 15 is 0 Å². The zero-order chi connectivity index (χ0) is 19.1. The number of nitrogens with zero attached hydrogens (tertiary/aromatic N) is 1. The maximum Gasteiger partial charge on any atom is 0.330 e. The fraction of sp³-hybridized carbons (Fsp3) is 0.571. The van der Waals surface area contributed by atoms with Gasteiger partial charge in [0.2, 0.25) is 0 Å². The van der Waals surface area contributed by atoms with Crippen LogP contribution in [-0.2, 0) is 14.3 Å². The summed E-state index contributed by atoms with van der Waals surface area (Å²) < 4.78 is 5.91. The van der Waals surface area contributed by atoms with Crippen molar-refractivity contribution in [2.24, 2.45) is 0 Å². The van der Waals surface area contributed by atoms with E-state index in [0.717, 1.165) is 18.4 Å². The number of nitrogens with one attached hydrogen (secondary N) is 1. The molecule has 0 radical (unpaired) electrons. The Hall–Kier alpha value is -1.14. The van der Waals surface area contributed by atoms with Crippen LogP contribution in [0, 0.1) is 0 Å². The lowest BCUT2D eigenvalue weighted by atomic mass is 9.86. The Morgan fingerprint density at radius 2 is 2.00 bits per heavy atom. The minimum absolute atomic E-state index is 0.158. The molecular formula is C14H16Br2N2O7. The molecule has 1 fully saturated rings. The number of Topliss-reactive ketones (excluding diaryl/α,β-unsaturated/α-hetero) is 2. The molecule has 0 aromatic carbocycles. The molecule has 1 aliphatic rings. The van der Waals surface area contributed by atoms with Crippen LogP contribution in [0.1, 0.15) is 35.8 Å². The molecule has 0 amide bonds. The van der Waals surface area contributed by atoms with Crippen LogP contribution in [0.3, 0.4) is 0 Å². The van der Waals surface area contributed by atoms with Gasteiger partial charge in [0.15, 0.2) is 17.2 Å². The highest BCUT2D eigenvalue weighted by Crippen LogP contribution is 2.39. The SMILES string of the molecule is CC(=O)C(O)[C@H]1O[C@@H](n2cc(C(Br)Br)c(=O)[nH]c2=O)C[C@@]1(O)C(C)=O. The number of ether oxygens (including phenoxy) is 1. The molecule has 1 saturated heterocycles. The molecule has 0 aliphatic carbocycles. The largest absolute Gasteiger partial charge is 0.382 e. The van der Waals surface area contributed by atoms with E-state index in [2.05, 4.69) is 36.8 Å². The first-order valence-electron chi connectivity index (χ1n) is 7.20. The molecule has 138 valence electrons. The van der Waals surface area contributed by atoms with Crippen molar-refractivity contribution in [3.05, 3.63) is 32.6 Å². The normalized spacial score (nSPS) is 27.5. The van der Waals surface area contributed by atoms with Crippen molar-refractivity contribution in [3.63, 3.8) is 0 Å². The topological polar surface area (TPSA) is 139 Å². The van der Waals surface area contributed by atoms with Gasteiger partial charge in [-0.3, -0.25) is 23.9 Å². The van der Waals surface area contributed by atoms with Crippen LogP contribution in [0.5, 0.6) is 0 Å². The zero-order valence-electron chi connectivity index (χ0n) is 13.2. The molecule has 1 aliphatic heterocycles. The van der Waals surface area contributed by atoms with Crippen LogP contribution < -0.4 is 11.2 Å². The lowest BCUT2D eigenvalue weighted by Crippen LogP contribution is -2.52. The van der Waals surface area contributed by atoms with Gasteiger partial charge in [0.1, 0.15) is 22.2 Å². The summed E-state index contributed by atoms with van der Waals surface area (Å²) >= 11 is 6.31. The number of carbonyl (C=O) groups excluding carboxylic acids is 2. The third kappa shape index (κ3) is 3.70. The Bertz CT molecular complexity index is 818. The molecule has 25 heavy (non-hydrogen) atoms. The van der Waals surface area contributed by atoms with Gasteiger partial charge in [-0.2, -0.15) is 0 Å². The van der Waals surface area contributed by atoms with E-state index in [1.165, 1.54) is 6.20 Å². The number of H-pyrrole nitrogens is 1. The Balaban J connectivity index is 2.51. The third-order valence-electron chi connectivity index (χ3n) is 4.11. The first kappa shape index (κ1) is 20.2. The lowest BCUT2D eigenvalue weighted by Gasteiger charge is -2.27. The molecule has 1 aromatic rings. The molecule has 4 atom stereocenters. The second kappa shape index (κ2) is 7.23. The highest BCUT2D eigenvalue weighted by Gasteiger charge is 2.55. The average Bonchev–Trinajstić information content (AvgIpc) is 2.85. The highest BCUT2D eigenvalue weighted by atomic mass is 79.9. The summed E-state index contributed by atoms with van der Waals surface area (Å²) in [5.74, 6) is -1.40. The number of halogens is 2. The smallest absolute Gasteiger partial charge is 0.330 e. The van der Waals surface area contributed by atoms with Gasteiger partial charge in [-0.05, 0) is 13.8 Å². The number of rotatable bonds is 5. The quantitative estimate of drug-likeness (QED) is 0.496. The molecule has 0 bridgehead atoms. The van der Waals surface area contributed by atoms with Crippen LogP contribution in [0.25, 0.3) is 0 Å². The van der Waals surface area contributed by atoms with Crippen molar-refractivity contribution < 1.29 is 24.5 Å². The molecule has 2 heterocycles. The monoisotopic (exact) mass is 482 g/mol. The molecule has 11 heteroatoms. The molecule has 2 rings (SSSR count). The maximum atomic E-state index is 12.1. The van der Waals surface area contributed by atoms with Gasteiger partial charge in [0.25, 0.3) is 5.56 Å². The minimum Gasteiger partial charge on any atom is -0.382 e. The van der Waals surface area contributed by atoms with E-state index in [1.807, 2.05) is 0 Å². The standard InChI is InChI=1S/C14H16Br2N2O7/c1-5(19)9(21)10-14(24,6(2)20)3-8(25-10)18-4-7(11(15)16)12(22)17-13(18)23/h4,8-11,21,24H,3H2,1-2H3,(H,17,22,23)/t8-,9?,10-,14-/m1/s1. The summed E-state index contributed by atoms with van der Waals surface area (Å²) in [6, 6.07) is 0. The number of hydrogen-bond acceptors (Lipinski definition) is 7. The Labute approximate surface area is 158 Å². The lowest BCUT2D eigenvalue weighted by molar-refractivity contribution is -0.158. The van der Waals surface area contributed by atoms with Gasteiger partial charge in [-0.15, -0.1) is 0 Å². The Morgan fingerprint density at radius 3 is 2.48 bits per heavy atom. The molecule has 1 unspecified atom stereocenters. The molecule has 0 spiro atoms. The first-order chi connectivity index (χ1) is 11.5. The van der Waals surface area contributed by atoms with Crippen LogP contribution in [0.15, 0.2) is 15.8 Å². The minimum atomic E-state index is -2.15. The van der Waals surface area contributed by atoms with Gasteiger partial charge < -0.3 is 14.9 Å². The molecule has 1 aromatic heterocycles. The zero-order valence-corrected chi connectivity index (χ0v) is 16.4. The number of alkyl halides is 2. The predicted molar refractivity (Wildman–Crippen MR) is 92.8 cm³/mol. The summed E-state index contributed by atoms with van der Waals surface area (Å²) in [5.41, 5.74) is -3.43. The van der Waals surface area contributed by atoms with Gasteiger partial charge in [-0.25, -0.2) is 4.79 Å². The fourth-order valence-corrected chi connectivity index (χ4v) is 3.29. The number of hydrogen-bond donors (Lipinski definition) is 3. The number of aromatic nitrogens is 2. The summed E-state index contributed by atoms with van der Waals surface area (Å²) in [6.07, 6.45) is -3.58. The van der Waals surface area contributed by atoms with Crippen LogP contribution >= 0.6 is 31.9 Å². The van der Waals surface area contributed by atoms with Crippen LogP contribution in [-0.4, -0.2) is 49.1 Å². The van der Waals surface area contributed by atoms with Crippen molar-refractivity contribution in [3.8, 4) is 0 Å². The predicted octanol–water partition coefficient (Wildman–Crippen LogP) is -0.118. The third-order valence-corrected chi connectivity index (χ3v) is 5.10. The molecule has 0 saturated carbocycles. The van der Waals surface area contributed by atoms with Crippen molar-refractivity contribution in [2.75, 3.05) is 0 Å². The number of aromatic amines is 1. The summed E-state index contributed by atoms with van der Waals surface area (Å²) in [5, 5.41) is 20.6. The van der Waals surface area contributed by atoms with Gasteiger partial charge >= 0.3 is 5.69 Å². The second-order valence-corrected chi connectivity index (χ2v) is 8.86. The van der Waals surface area contributed by atoms with Gasteiger partial charge in [-0.1, -0.05) is 31.9 Å². The summed E-state index contributed by atoms with van der Waals surface area (Å²) in [7, 11) is 0. The van der Waals surface area contributed by atoms with Crippen molar-refractivity contribution in [2.45, 2.75) is 48.0 Å². The summed E-state index contributed by atoms with van der Waals surface area (Å²) in [6.45, 7) is 2.19. The van der Waals surface area contributed by atoms with Crippen molar-refractivity contribution >= 4 is 43.4 Å². The van der Waals surface area contributed by atoms with E-state index < -0.39 is 50.6 Å². The second-order valence-electron chi connectivity index (χ2n) is 5.80. The van der Waals surface area contributed by atoms with E-state index in [9.17, 15) is 29.4 Å². The highest BCUT2D eigenvalue weighted by molar-refractivity contribution is 9.24. The van der Waals surface area contributed by atoms with E-state index in [1.54, 1.807) is 0 Å². The van der Waals surface area contributed by atoms with Crippen molar-refractivity contribution in [1.82, 2.24) is 9.55 Å². The van der Waals surface area contributed by atoms with Crippen molar-refractivity contribution in [1.29, 1.82) is 0 Å². The number of aliphatic hydroxyl groups is 2. The summed E-state index contributed by atoms with van der Waals surface area (Å²) in [4.78, 5) is 49.3. The van der Waals surface area contributed by atoms with E-state index in [-0.39, 0.29) is 12.0 Å². The fourth-order valence-electron chi connectivity index (χ4n) is 2.64. The Morgan fingerprint density at radius 1 is 1.40 bits per heavy atom. The maximum absolute atomic E-state index is 12.1. The van der Waals surface area contributed by atoms with Gasteiger partial charge in [0, 0.05) is 12.6 Å². The Kier molecular flexibility index (Phi) is 5.84. The number of ketones is 2. The van der Waals surface area contributed by atoms with Gasteiger partial charge in [0.05, 0.1) is 5.56 Å². The molecule has 3 N–H and O–H groups in total. The van der Waals surface area contributed by atoms with Crippen LogP contribution in [0.2, 0.25) is 0 Å².